The standard InChI is InChI=1S/C14H20N4O/c1-11(19)17-7-2-8-18(10-9-17)13-5-6-15-14(16-13)12-3-4-12/h5-6,12H,2-4,7-10H2,1H3. The van der Waals surface area contributed by atoms with Gasteiger partial charge in [0.25, 0.3) is 0 Å². The molecular formula is C14H20N4O. The molecule has 0 spiro atoms. The molecule has 19 heavy (non-hydrogen) atoms. The summed E-state index contributed by atoms with van der Waals surface area (Å²) >= 11 is 0. The number of carbonyl (C=O) groups excluding carboxylic acids is 1. The second kappa shape index (κ2) is 5.15. The van der Waals surface area contributed by atoms with Crippen molar-refractivity contribution >= 4 is 11.7 Å². The summed E-state index contributed by atoms with van der Waals surface area (Å²) in [5.41, 5.74) is 0. The van der Waals surface area contributed by atoms with Crippen molar-refractivity contribution in [3.8, 4) is 0 Å². The molecule has 2 heterocycles. The van der Waals surface area contributed by atoms with Crippen LogP contribution >= 0.6 is 0 Å². The normalized spacial score (nSPS) is 20.3. The van der Waals surface area contributed by atoms with E-state index in [1.165, 1.54) is 12.8 Å². The highest BCUT2D eigenvalue weighted by Gasteiger charge is 2.27. The Labute approximate surface area is 113 Å². The second-order valence-electron chi connectivity index (χ2n) is 5.39. The molecule has 2 fully saturated rings. The molecule has 2 aliphatic rings. The highest BCUT2D eigenvalue weighted by molar-refractivity contribution is 5.73. The van der Waals surface area contributed by atoms with Crippen LogP contribution in [-0.2, 0) is 4.79 Å². The molecule has 1 saturated carbocycles. The molecule has 0 aromatic carbocycles. The zero-order chi connectivity index (χ0) is 13.2. The molecule has 0 N–H and O–H groups in total. The number of hydrogen-bond donors (Lipinski definition) is 0. The first-order valence-corrected chi connectivity index (χ1v) is 7.07. The maximum absolute atomic E-state index is 11.4. The van der Waals surface area contributed by atoms with Gasteiger partial charge in [-0.3, -0.25) is 4.79 Å². The lowest BCUT2D eigenvalue weighted by atomic mass is 10.3. The zero-order valence-corrected chi connectivity index (χ0v) is 11.4. The Balaban J connectivity index is 1.71. The Morgan fingerprint density at radius 2 is 2.11 bits per heavy atom. The Bertz CT molecular complexity index is 472. The van der Waals surface area contributed by atoms with Crippen molar-refractivity contribution in [1.82, 2.24) is 14.9 Å². The van der Waals surface area contributed by atoms with Gasteiger partial charge < -0.3 is 9.80 Å². The van der Waals surface area contributed by atoms with Crippen LogP contribution in [0.4, 0.5) is 5.82 Å². The molecule has 1 saturated heterocycles. The van der Waals surface area contributed by atoms with E-state index in [1.54, 1.807) is 6.92 Å². The molecular weight excluding hydrogens is 240 g/mol. The molecule has 0 atom stereocenters. The van der Waals surface area contributed by atoms with Crippen LogP contribution in [0.1, 0.15) is 37.9 Å². The minimum Gasteiger partial charge on any atom is -0.355 e. The lowest BCUT2D eigenvalue weighted by molar-refractivity contribution is -0.128. The van der Waals surface area contributed by atoms with Gasteiger partial charge in [0.05, 0.1) is 0 Å². The molecule has 102 valence electrons. The molecule has 0 bridgehead atoms. The van der Waals surface area contributed by atoms with Crippen molar-refractivity contribution in [2.45, 2.75) is 32.1 Å². The predicted molar refractivity (Wildman–Crippen MR) is 73.1 cm³/mol. The number of aromatic nitrogens is 2. The van der Waals surface area contributed by atoms with Crippen molar-refractivity contribution in [2.75, 3.05) is 31.1 Å². The monoisotopic (exact) mass is 260 g/mol. The van der Waals surface area contributed by atoms with Crippen molar-refractivity contribution in [1.29, 1.82) is 0 Å². The molecule has 1 aliphatic carbocycles. The van der Waals surface area contributed by atoms with Gasteiger partial charge in [-0.25, -0.2) is 9.97 Å². The lowest BCUT2D eigenvalue weighted by Crippen LogP contribution is -2.33. The number of nitrogens with zero attached hydrogens (tertiary/aromatic N) is 4. The Hall–Kier alpha value is -1.65. The van der Waals surface area contributed by atoms with E-state index in [1.807, 2.05) is 17.2 Å². The molecule has 1 aromatic rings. The summed E-state index contributed by atoms with van der Waals surface area (Å²) in [5, 5.41) is 0. The topological polar surface area (TPSA) is 49.3 Å². The quantitative estimate of drug-likeness (QED) is 0.807. The van der Waals surface area contributed by atoms with Gasteiger partial charge in [0, 0.05) is 45.2 Å². The summed E-state index contributed by atoms with van der Waals surface area (Å²) in [4.78, 5) is 24.7. The summed E-state index contributed by atoms with van der Waals surface area (Å²) in [6.07, 6.45) is 5.31. The molecule has 5 nitrogen and oxygen atoms in total. The SMILES string of the molecule is CC(=O)N1CCCN(c2ccnc(C3CC3)n2)CC1. The zero-order valence-electron chi connectivity index (χ0n) is 11.4. The van der Waals surface area contributed by atoms with Gasteiger partial charge in [-0.15, -0.1) is 0 Å². The van der Waals surface area contributed by atoms with Crippen molar-refractivity contribution in [3.63, 3.8) is 0 Å². The largest absolute Gasteiger partial charge is 0.355 e. The van der Waals surface area contributed by atoms with Gasteiger partial charge in [-0.2, -0.15) is 0 Å². The molecule has 0 unspecified atom stereocenters. The summed E-state index contributed by atoms with van der Waals surface area (Å²) in [6, 6.07) is 1.98. The fourth-order valence-corrected chi connectivity index (χ4v) is 2.54. The van der Waals surface area contributed by atoms with E-state index < -0.39 is 0 Å². The van der Waals surface area contributed by atoms with Crippen LogP contribution in [0.2, 0.25) is 0 Å². The number of amides is 1. The molecule has 0 radical (unpaired) electrons. The second-order valence-corrected chi connectivity index (χ2v) is 5.39. The van der Waals surface area contributed by atoms with Gasteiger partial charge in [0.15, 0.2) is 0 Å². The van der Waals surface area contributed by atoms with Crippen LogP contribution in [0.3, 0.4) is 0 Å². The smallest absolute Gasteiger partial charge is 0.219 e. The Kier molecular flexibility index (Phi) is 3.36. The molecule has 1 aliphatic heterocycles. The summed E-state index contributed by atoms with van der Waals surface area (Å²) in [6.45, 7) is 5.11. The van der Waals surface area contributed by atoms with Gasteiger partial charge in [0.2, 0.25) is 5.91 Å². The summed E-state index contributed by atoms with van der Waals surface area (Å²) in [7, 11) is 0. The number of rotatable bonds is 2. The first kappa shape index (κ1) is 12.4. The lowest BCUT2D eigenvalue weighted by Gasteiger charge is -2.22. The third-order valence-electron chi connectivity index (χ3n) is 3.87. The average molecular weight is 260 g/mol. The number of anilines is 1. The van der Waals surface area contributed by atoms with Gasteiger partial charge >= 0.3 is 0 Å². The van der Waals surface area contributed by atoms with Gasteiger partial charge in [-0.1, -0.05) is 0 Å². The molecule has 1 aromatic heterocycles. The maximum Gasteiger partial charge on any atom is 0.219 e. The highest BCUT2D eigenvalue weighted by Crippen LogP contribution is 2.38. The van der Waals surface area contributed by atoms with E-state index in [2.05, 4.69) is 14.9 Å². The van der Waals surface area contributed by atoms with Crippen LogP contribution < -0.4 is 4.90 Å². The van der Waals surface area contributed by atoms with Crippen molar-refractivity contribution in [3.05, 3.63) is 18.1 Å². The van der Waals surface area contributed by atoms with Gasteiger partial charge in [0.1, 0.15) is 11.6 Å². The van der Waals surface area contributed by atoms with Crippen LogP contribution in [0.5, 0.6) is 0 Å². The third kappa shape index (κ3) is 2.85. The van der Waals surface area contributed by atoms with Crippen molar-refractivity contribution in [2.24, 2.45) is 0 Å². The first-order valence-electron chi connectivity index (χ1n) is 7.07. The minimum absolute atomic E-state index is 0.170. The van der Waals surface area contributed by atoms with E-state index in [-0.39, 0.29) is 5.91 Å². The predicted octanol–water partition coefficient (Wildman–Crippen LogP) is 1.41. The maximum atomic E-state index is 11.4. The summed E-state index contributed by atoms with van der Waals surface area (Å²) < 4.78 is 0. The Morgan fingerprint density at radius 3 is 2.84 bits per heavy atom. The van der Waals surface area contributed by atoms with E-state index in [0.717, 1.165) is 44.2 Å². The van der Waals surface area contributed by atoms with Crippen molar-refractivity contribution < 1.29 is 4.79 Å². The van der Waals surface area contributed by atoms with Crippen LogP contribution in [0, 0.1) is 0 Å². The Morgan fingerprint density at radius 1 is 1.26 bits per heavy atom. The number of hydrogen-bond acceptors (Lipinski definition) is 4. The highest BCUT2D eigenvalue weighted by atomic mass is 16.2. The fourth-order valence-electron chi connectivity index (χ4n) is 2.54. The fraction of sp³-hybridized carbons (Fsp3) is 0.643. The molecule has 3 rings (SSSR count). The average Bonchev–Trinajstić information content (AvgIpc) is 3.25. The van der Waals surface area contributed by atoms with Gasteiger partial charge in [-0.05, 0) is 25.3 Å². The first-order chi connectivity index (χ1) is 9.24. The van der Waals surface area contributed by atoms with Crippen LogP contribution in [0.25, 0.3) is 0 Å². The number of carbonyl (C=O) groups is 1. The van der Waals surface area contributed by atoms with Crippen LogP contribution in [0.15, 0.2) is 12.3 Å². The van der Waals surface area contributed by atoms with E-state index in [9.17, 15) is 4.79 Å². The minimum atomic E-state index is 0.170. The summed E-state index contributed by atoms with van der Waals surface area (Å²) in [5.74, 6) is 2.76. The molecule has 1 amide bonds. The van der Waals surface area contributed by atoms with Crippen LogP contribution in [-0.4, -0.2) is 47.0 Å². The third-order valence-corrected chi connectivity index (χ3v) is 3.87. The molecule has 5 heteroatoms. The van der Waals surface area contributed by atoms with E-state index in [4.69, 9.17) is 0 Å². The van der Waals surface area contributed by atoms with E-state index >= 15 is 0 Å². The van der Waals surface area contributed by atoms with E-state index in [0.29, 0.717) is 5.92 Å².